The van der Waals surface area contributed by atoms with Gasteiger partial charge in [-0.25, -0.2) is 4.98 Å². The molecule has 2 aromatic rings. The topological polar surface area (TPSA) is 80.1 Å². The minimum Gasteiger partial charge on any atom is -0.349 e. The van der Waals surface area contributed by atoms with Crippen LogP contribution in [0.3, 0.4) is 0 Å². The lowest BCUT2D eigenvalue weighted by molar-refractivity contribution is -0.133. The van der Waals surface area contributed by atoms with Crippen molar-refractivity contribution in [1.29, 1.82) is 0 Å². The minimum atomic E-state index is -0.160. The van der Waals surface area contributed by atoms with Gasteiger partial charge in [0.05, 0.1) is 12.2 Å². The second kappa shape index (κ2) is 7.73. The van der Waals surface area contributed by atoms with Crippen molar-refractivity contribution in [2.75, 3.05) is 13.1 Å². The molecule has 148 valence electrons. The Morgan fingerprint density at radius 1 is 1.32 bits per heavy atom. The number of hydrogen-bond acceptors (Lipinski definition) is 4. The van der Waals surface area contributed by atoms with E-state index in [4.69, 9.17) is 0 Å². The fraction of sp³-hybridized carbons (Fsp3) is 0.524. The Morgan fingerprint density at radius 3 is 2.82 bits per heavy atom. The molecule has 28 heavy (non-hydrogen) atoms. The van der Waals surface area contributed by atoms with E-state index in [2.05, 4.69) is 29.1 Å². The number of pyridine rings is 1. The van der Waals surface area contributed by atoms with E-state index in [0.717, 1.165) is 42.6 Å². The van der Waals surface area contributed by atoms with Gasteiger partial charge in [-0.3, -0.25) is 14.6 Å². The number of hydrogen-bond donors (Lipinski definition) is 1. The number of fused-ring (bicyclic) bond motifs is 1. The molecule has 0 spiro atoms. The molecular weight excluding hydrogens is 354 g/mol. The first-order valence-corrected chi connectivity index (χ1v) is 10.1. The van der Waals surface area contributed by atoms with Crippen molar-refractivity contribution >= 4 is 11.8 Å². The van der Waals surface area contributed by atoms with E-state index in [1.54, 1.807) is 6.20 Å². The van der Waals surface area contributed by atoms with Gasteiger partial charge in [0.25, 0.3) is 5.91 Å². The summed E-state index contributed by atoms with van der Waals surface area (Å²) in [4.78, 5) is 35.9. The molecule has 0 atom stereocenters. The number of imidazole rings is 1. The zero-order valence-corrected chi connectivity index (χ0v) is 16.5. The summed E-state index contributed by atoms with van der Waals surface area (Å²) in [6, 6.07) is 4.03. The van der Waals surface area contributed by atoms with Gasteiger partial charge in [-0.1, -0.05) is 6.07 Å². The Bertz CT molecular complexity index is 870. The van der Waals surface area contributed by atoms with Gasteiger partial charge < -0.3 is 14.8 Å². The summed E-state index contributed by atoms with van der Waals surface area (Å²) in [5, 5.41) is 2.98. The van der Waals surface area contributed by atoms with Crippen molar-refractivity contribution in [1.82, 2.24) is 24.8 Å². The molecule has 1 aliphatic heterocycles. The van der Waals surface area contributed by atoms with Crippen LogP contribution < -0.4 is 5.32 Å². The molecule has 0 saturated heterocycles. The Balaban J connectivity index is 1.47. The van der Waals surface area contributed by atoms with E-state index in [1.165, 1.54) is 0 Å². The minimum absolute atomic E-state index is 0.140. The van der Waals surface area contributed by atoms with Crippen molar-refractivity contribution in [2.24, 2.45) is 5.92 Å². The van der Waals surface area contributed by atoms with Crippen LogP contribution in [0.5, 0.6) is 0 Å². The summed E-state index contributed by atoms with van der Waals surface area (Å²) in [6.45, 7) is 5.89. The van der Waals surface area contributed by atoms with Crippen LogP contribution in [0.4, 0.5) is 0 Å². The fourth-order valence-electron chi connectivity index (χ4n) is 3.84. The normalized spacial score (nSPS) is 16.2. The summed E-state index contributed by atoms with van der Waals surface area (Å²) in [5.41, 5.74) is 3.04. The predicted octanol–water partition coefficient (Wildman–Crippen LogP) is 2.13. The number of nitrogens with zero attached hydrogens (tertiary/aromatic N) is 4. The summed E-state index contributed by atoms with van der Waals surface area (Å²) in [5.74, 6) is 0.746. The maximum absolute atomic E-state index is 12.8. The summed E-state index contributed by atoms with van der Waals surface area (Å²) in [7, 11) is 0. The van der Waals surface area contributed by atoms with Gasteiger partial charge in [-0.15, -0.1) is 0 Å². The average Bonchev–Trinajstić information content (AvgIpc) is 3.47. The molecule has 1 aliphatic carbocycles. The SMILES string of the molecule is CC(C)n1c(C(=O)NCCc2cccnc2)nc2c1CCN(C(=O)C1CC1)C2. The van der Waals surface area contributed by atoms with E-state index in [-0.39, 0.29) is 23.8 Å². The van der Waals surface area contributed by atoms with E-state index >= 15 is 0 Å². The predicted molar refractivity (Wildman–Crippen MR) is 105 cm³/mol. The maximum atomic E-state index is 12.8. The number of nitrogens with one attached hydrogen (secondary N) is 1. The van der Waals surface area contributed by atoms with Gasteiger partial charge in [0.1, 0.15) is 0 Å². The smallest absolute Gasteiger partial charge is 0.287 e. The van der Waals surface area contributed by atoms with Crippen molar-refractivity contribution in [2.45, 2.75) is 52.1 Å². The lowest BCUT2D eigenvalue weighted by atomic mass is 10.1. The largest absolute Gasteiger partial charge is 0.349 e. The number of rotatable bonds is 6. The molecule has 0 radical (unpaired) electrons. The van der Waals surface area contributed by atoms with Crippen molar-refractivity contribution in [3.63, 3.8) is 0 Å². The summed E-state index contributed by atoms with van der Waals surface area (Å²) < 4.78 is 2.04. The molecule has 0 aromatic carbocycles. The standard InChI is InChI=1S/C21H27N5O2/c1-14(2)26-18-8-11-25(21(28)16-5-6-16)13-17(18)24-19(26)20(27)23-10-7-15-4-3-9-22-12-15/h3-4,9,12,14,16H,5-8,10-11,13H2,1-2H3,(H,23,27). The number of carbonyl (C=O) groups is 2. The van der Waals surface area contributed by atoms with Crippen molar-refractivity contribution in [3.8, 4) is 0 Å². The zero-order chi connectivity index (χ0) is 19.7. The van der Waals surface area contributed by atoms with E-state index in [0.29, 0.717) is 25.5 Å². The Kier molecular flexibility index (Phi) is 5.15. The van der Waals surface area contributed by atoms with Crippen LogP contribution in [0, 0.1) is 5.92 Å². The maximum Gasteiger partial charge on any atom is 0.287 e. The molecule has 4 rings (SSSR count). The molecule has 0 bridgehead atoms. The first-order valence-electron chi connectivity index (χ1n) is 10.1. The van der Waals surface area contributed by atoms with Gasteiger partial charge in [0.15, 0.2) is 5.82 Å². The van der Waals surface area contributed by atoms with Crippen LogP contribution in [0.25, 0.3) is 0 Å². The third-order valence-corrected chi connectivity index (χ3v) is 5.43. The summed E-state index contributed by atoms with van der Waals surface area (Å²) >= 11 is 0. The van der Waals surface area contributed by atoms with Crippen LogP contribution in [-0.4, -0.2) is 44.3 Å². The van der Waals surface area contributed by atoms with Crippen LogP contribution in [-0.2, 0) is 24.2 Å². The monoisotopic (exact) mass is 381 g/mol. The first-order chi connectivity index (χ1) is 13.5. The molecule has 1 fully saturated rings. The lowest BCUT2D eigenvalue weighted by Crippen LogP contribution is -2.37. The molecule has 7 nitrogen and oxygen atoms in total. The summed E-state index contributed by atoms with van der Waals surface area (Å²) in [6.07, 6.45) is 7.04. The number of amides is 2. The molecule has 1 saturated carbocycles. The Morgan fingerprint density at radius 2 is 2.14 bits per heavy atom. The van der Waals surface area contributed by atoms with Crippen LogP contribution in [0.2, 0.25) is 0 Å². The Hall–Kier alpha value is -2.70. The highest BCUT2D eigenvalue weighted by atomic mass is 16.2. The van der Waals surface area contributed by atoms with Gasteiger partial charge in [0.2, 0.25) is 5.91 Å². The van der Waals surface area contributed by atoms with Crippen LogP contribution in [0.1, 0.15) is 60.3 Å². The third kappa shape index (κ3) is 3.79. The van der Waals surface area contributed by atoms with Gasteiger partial charge in [-0.2, -0.15) is 0 Å². The third-order valence-electron chi connectivity index (χ3n) is 5.43. The van der Waals surface area contributed by atoms with Gasteiger partial charge >= 0.3 is 0 Å². The molecular formula is C21H27N5O2. The van der Waals surface area contributed by atoms with E-state index in [1.807, 2.05) is 27.8 Å². The van der Waals surface area contributed by atoms with Crippen LogP contribution in [0.15, 0.2) is 24.5 Å². The van der Waals surface area contributed by atoms with Crippen molar-refractivity contribution in [3.05, 3.63) is 47.3 Å². The first kappa shape index (κ1) is 18.7. The second-order valence-electron chi connectivity index (χ2n) is 7.94. The molecule has 2 aromatic heterocycles. The quantitative estimate of drug-likeness (QED) is 0.831. The highest BCUT2D eigenvalue weighted by Gasteiger charge is 2.36. The lowest BCUT2D eigenvalue weighted by Gasteiger charge is -2.28. The average molecular weight is 381 g/mol. The molecule has 0 unspecified atom stereocenters. The van der Waals surface area contributed by atoms with E-state index in [9.17, 15) is 9.59 Å². The molecule has 1 N–H and O–H groups in total. The second-order valence-corrected chi connectivity index (χ2v) is 7.94. The van der Waals surface area contributed by atoms with Crippen LogP contribution >= 0.6 is 0 Å². The molecule has 2 aliphatic rings. The van der Waals surface area contributed by atoms with Crippen molar-refractivity contribution < 1.29 is 9.59 Å². The molecule has 7 heteroatoms. The highest BCUT2D eigenvalue weighted by Crippen LogP contribution is 2.33. The zero-order valence-electron chi connectivity index (χ0n) is 16.5. The van der Waals surface area contributed by atoms with Gasteiger partial charge in [-0.05, 0) is 44.7 Å². The van der Waals surface area contributed by atoms with E-state index < -0.39 is 0 Å². The fourth-order valence-corrected chi connectivity index (χ4v) is 3.84. The highest BCUT2D eigenvalue weighted by molar-refractivity contribution is 5.91. The molecule has 3 heterocycles. The molecule has 2 amide bonds. The number of carbonyl (C=O) groups excluding carboxylic acids is 2. The van der Waals surface area contributed by atoms with Gasteiger partial charge in [0, 0.05) is 49.6 Å². The number of aromatic nitrogens is 3. The Labute approximate surface area is 165 Å².